The molecule has 0 aliphatic heterocycles. The highest BCUT2D eigenvalue weighted by molar-refractivity contribution is 6.03. The van der Waals surface area contributed by atoms with Crippen molar-refractivity contribution in [1.82, 2.24) is 20.6 Å². The Morgan fingerprint density at radius 1 is 1.00 bits per heavy atom. The van der Waals surface area contributed by atoms with Crippen molar-refractivity contribution in [2.75, 3.05) is 22.1 Å². The van der Waals surface area contributed by atoms with Crippen LogP contribution in [-0.2, 0) is 12.7 Å². The number of aromatic nitrogens is 4. The van der Waals surface area contributed by atoms with Crippen molar-refractivity contribution < 1.29 is 27.5 Å². The first-order valence-electron chi connectivity index (χ1n) is 15.1. The molecule has 3 aromatic carbocycles. The number of nitrogens with zero attached hydrogens (tertiary/aromatic N) is 4. The first kappa shape index (κ1) is 32.2. The quantitative estimate of drug-likeness (QED) is 0.145. The summed E-state index contributed by atoms with van der Waals surface area (Å²) in [5, 5.41) is 18.2. The lowest BCUT2D eigenvalue weighted by molar-refractivity contribution is -0.138. The van der Waals surface area contributed by atoms with Gasteiger partial charge in [-0.15, -0.1) is 5.10 Å². The molecule has 5 rings (SSSR count). The van der Waals surface area contributed by atoms with Crippen molar-refractivity contribution in [2.24, 2.45) is 0 Å². The fraction of sp³-hybridized carbons (Fsp3) is 0.303. The minimum absolute atomic E-state index is 0.0253. The highest BCUT2D eigenvalue weighted by Gasteiger charge is 2.35. The maximum absolute atomic E-state index is 13.9. The molecule has 13 heteroatoms. The number of carbonyl (C=O) groups excluding carboxylic acids is 2. The van der Waals surface area contributed by atoms with E-state index in [0.717, 1.165) is 43.7 Å². The van der Waals surface area contributed by atoms with Crippen molar-refractivity contribution in [2.45, 2.75) is 58.2 Å². The van der Waals surface area contributed by atoms with E-state index in [0.29, 0.717) is 23.2 Å². The predicted molar refractivity (Wildman–Crippen MR) is 169 cm³/mol. The van der Waals surface area contributed by atoms with E-state index in [9.17, 15) is 22.8 Å². The standard InChI is InChI=1S/C33H34F3N7O3/c1-2-3-19-46-29-18-15-26(20-28(29)33(34,35)36)37-32(45)43(27-16-13-24(14-17-27)23-7-5-4-6-8-23)21-22-9-11-25(12-10-22)30(44)38-31-39-41-42-40-31/h7,9-18,20H,2-6,8,19,21H2,1H3,(H,37,45)(H2,38,39,40,41,42,44). The van der Waals surface area contributed by atoms with Gasteiger partial charge in [-0.3, -0.25) is 15.0 Å². The normalized spacial score (nSPS) is 13.1. The van der Waals surface area contributed by atoms with Crippen LogP contribution in [0.2, 0.25) is 0 Å². The lowest BCUT2D eigenvalue weighted by Gasteiger charge is -2.25. The number of rotatable bonds is 11. The van der Waals surface area contributed by atoms with E-state index >= 15 is 0 Å². The van der Waals surface area contributed by atoms with E-state index in [-0.39, 0.29) is 30.5 Å². The maximum atomic E-state index is 13.9. The number of unbranched alkanes of at least 4 members (excludes halogenated alkanes) is 1. The van der Waals surface area contributed by atoms with Gasteiger partial charge < -0.3 is 10.1 Å². The van der Waals surface area contributed by atoms with Crippen molar-refractivity contribution >= 4 is 34.8 Å². The summed E-state index contributed by atoms with van der Waals surface area (Å²) >= 11 is 0. The van der Waals surface area contributed by atoms with Crippen molar-refractivity contribution in [3.05, 3.63) is 95.1 Å². The molecule has 0 radical (unpaired) electrons. The van der Waals surface area contributed by atoms with Crippen LogP contribution in [0.25, 0.3) is 5.57 Å². The van der Waals surface area contributed by atoms with Gasteiger partial charge in [0.25, 0.3) is 11.9 Å². The van der Waals surface area contributed by atoms with Gasteiger partial charge in [-0.2, -0.15) is 18.4 Å². The third kappa shape index (κ3) is 8.29. The number of tetrazole rings is 1. The number of alkyl halides is 3. The number of aromatic amines is 1. The zero-order valence-electron chi connectivity index (χ0n) is 25.2. The zero-order valence-corrected chi connectivity index (χ0v) is 25.2. The first-order valence-corrected chi connectivity index (χ1v) is 15.1. The van der Waals surface area contributed by atoms with E-state index in [1.54, 1.807) is 24.3 Å². The third-order valence-electron chi connectivity index (χ3n) is 7.51. The molecule has 240 valence electrons. The van der Waals surface area contributed by atoms with Gasteiger partial charge in [0, 0.05) is 16.9 Å². The fourth-order valence-corrected chi connectivity index (χ4v) is 5.04. The van der Waals surface area contributed by atoms with Gasteiger partial charge in [0.15, 0.2) is 0 Å². The Balaban J connectivity index is 1.39. The summed E-state index contributed by atoms with van der Waals surface area (Å²) in [5.74, 6) is -0.705. The number of halogens is 3. The second kappa shape index (κ2) is 14.7. The Labute approximate surface area is 264 Å². The minimum atomic E-state index is -4.68. The number of benzene rings is 3. The van der Waals surface area contributed by atoms with Crippen molar-refractivity contribution in [1.29, 1.82) is 0 Å². The molecular formula is C33H34F3N7O3. The fourth-order valence-electron chi connectivity index (χ4n) is 5.04. The van der Waals surface area contributed by atoms with Crippen LogP contribution in [-0.4, -0.2) is 39.2 Å². The molecule has 1 aromatic heterocycles. The van der Waals surface area contributed by atoms with Gasteiger partial charge >= 0.3 is 12.2 Å². The van der Waals surface area contributed by atoms with Crippen LogP contribution in [0.15, 0.2) is 72.8 Å². The monoisotopic (exact) mass is 633 g/mol. The molecule has 0 spiro atoms. The van der Waals surface area contributed by atoms with Gasteiger partial charge in [0.05, 0.1) is 18.7 Å². The number of nitrogens with one attached hydrogen (secondary N) is 3. The number of urea groups is 1. The van der Waals surface area contributed by atoms with Crippen molar-refractivity contribution in [3.8, 4) is 5.75 Å². The molecule has 46 heavy (non-hydrogen) atoms. The average Bonchev–Trinajstić information content (AvgIpc) is 3.57. The summed E-state index contributed by atoms with van der Waals surface area (Å²) in [6.07, 6.45) is 3.23. The van der Waals surface area contributed by atoms with Gasteiger partial charge in [-0.05, 0) is 96.5 Å². The molecule has 3 N–H and O–H groups in total. The largest absolute Gasteiger partial charge is 0.493 e. The number of carbonyl (C=O) groups is 2. The Hall–Kier alpha value is -5.20. The molecule has 1 heterocycles. The number of hydrogen-bond donors (Lipinski definition) is 3. The Kier molecular flexibility index (Phi) is 10.3. The average molecular weight is 634 g/mol. The van der Waals surface area contributed by atoms with Crippen LogP contribution in [0.5, 0.6) is 5.75 Å². The number of ether oxygens (including phenoxy) is 1. The highest BCUT2D eigenvalue weighted by Crippen LogP contribution is 2.38. The van der Waals surface area contributed by atoms with Crippen LogP contribution >= 0.6 is 0 Å². The summed E-state index contributed by atoms with van der Waals surface area (Å²) in [5.41, 5.74) is 2.89. The number of anilines is 3. The Bertz CT molecular complexity index is 1660. The number of H-pyrrole nitrogens is 1. The van der Waals surface area contributed by atoms with Crippen LogP contribution in [0, 0.1) is 0 Å². The smallest absolute Gasteiger partial charge is 0.420 e. The molecular weight excluding hydrogens is 599 g/mol. The third-order valence-corrected chi connectivity index (χ3v) is 7.51. The number of hydrogen-bond acceptors (Lipinski definition) is 6. The molecule has 0 unspecified atom stereocenters. The summed E-state index contributed by atoms with van der Waals surface area (Å²) in [6, 6.07) is 17.0. The van der Waals surface area contributed by atoms with Gasteiger partial charge in [-0.25, -0.2) is 4.79 Å². The molecule has 1 aliphatic carbocycles. The zero-order chi connectivity index (χ0) is 32.5. The predicted octanol–water partition coefficient (Wildman–Crippen LogP) is 7.85. The van der Waals surface area contributed by atoms with Crippen LogP contribution in [0.3, 0.4) is 0 Å². The summed E-state index contributed by atoms with van der Waals surface area (Å²) in [6.45, 7) is 2.15. The molecule has 1 aliphatic rings. The molecule has 0 atom stereocenters. The Morgan fingerprint density at radius 2 is 1.78 bits per heavy atom. The molecule has 3 amide bonds. The van der Waals surface area contributed by atoms with Gasteiger partial charge in [-0.1, -0.05) is 48.8 Å². The molecule has 0 saturated heterocycles. The maximum Gasteiger partial charge on any atom is 0.420 e. The molecule has 0 saturated carbocycles. The number of amides is 3. The Morgan fingerprint density at radius 3 is 2.43 bits per heavy atom. The summed E-state index contributed by atoms with van der Waals surface area (Å²) < 4.78 is 47.2. The van der Waals surface area contributed by atoms with E-state index in [2.05, 4.69) is 37.3 Å². The van der Waals surface area contributed by atoms with Gasteiger partial charge in [0.1, 0.15) is 5.75 Å². The highest BCUT2D eigenvalue weighted by atomic mass is 19.4. The second-order valence-corrected chi connectivity index (χ2v) is 10.8. The van der Waals surface area contributed by atoms with Gasteiger partial charge in [0.2, 0.25) is 0 Å². The number of allylic oxidation sites excluding steroid dienone is 2. The lowest BCUT2D eigenvalue weighted by atomic mass is 9.93. The second-order valence-electron chi connectivity index (χ2n) is 10.8. The van der Waals surface area contributed by atoms with Crippen LogP contribution in [0.4, 0.5) is 35.3 Å². The molecule has 10 nitrogen and oxygen atoms in total. The molecule has 0 fully saturated rings. The lowest BCUT2D eigenvalue weighted by Crippen LogP contribution is -2.34. The van der Waals surface area contributed by atoms with Crippen molar-refractivity contribution in [3.63, 3.8) is 0 Å². The minimum Gasteiger partial charge on any atom is -0.493 e. The van der Waals surface area contributed by atoms with E-state index < -0.39 is 23.7 Å². The molecule has 0 bridgehead atoms. The van der Waals surface area contributed by atoms with Crippen LogP contribution < -0.4 is 20.3 Å². The first-order chi connectivity index (χ1) is 22.2. The summed E-state index contributed by atoms with van der Waals surface area (Å²) in [7, 11) is 0. The van der Waals surface area contributed by atoms with E-state index in [1.807, 2.05) is 31.2 Å². The van der Waals surface area contributed by atoms with E-state index in [1.165, 1.54) is 22.6 Å². The van der Waals surface area contributed by atoms with Crippen LogP contribution in [0.1, 0.15) is 72.5 Å². The SMILES string of the molecule is CCCCOc1ccc(NC(=O)N(Cc2ccc(C(=O)Nc3nn[nH]n3)cc2)c2ccc(C3=CCCCC3)cc2)cc1C(F)(F)F. The summed E-state index contributed by atoms with van der Waals surface area (Å²) in [4.78, 5) is 27.7. The van der Waals surface area contributed by atoms with E-state index in [4.69, 9.17) is 4.74 Å². The topological polar surface area (TPSA) is 125 Å². The molecule has 4 aromatic rings.